The number of likely N-dealkylation sites (tertiary alicyclic amines) is 1. The van der Waals surface area contributed by atoms with Crippen LogP contribution in [0.1, 0.15) is 136 Å². The second-order valence-corrected chi connectivity index (χ2v) is 12.3. The molecule has 2 unspecified atom stereocenters. The molecule has 0 bridgehead atoms. The van der Waals surface area contributed by atoms with Crippen molar-refractivity contribution in [2.75, 3.05) is 19.6 Å². The molecule has 2 fully saturated rings. The molecule has 0 amide bonds. The summed E-state index contributed by atoms with van der Waals surface area (Å²) in [7, 11) is 0. The van der Waals surface area contributed by atoms with Gasteiger partial charge in [-0.25, -0.2) is 0 Å². The van der Waals surface area contributed by atoms with Gasteiger partial charge in [-0.1, -0.05) is 117 Å². The van der Waals surface area contributed by atoms with Crippen LogP contribution in [0.15, 0.2) is 0 Å². The fraction of sp³-hybridized carbons (Fsp3) is 1.00. The van der Waals surface area contributed by atoms with Crippen molar-refractivity contribution in [1.29, 1.82) is 0 Å². The lowest BCUT2D eigenvalue weighted by Gasteiger charge is -2.44. The number of nitrogens with one attached hydrogen (secondary N) is 1. The van der Waals surface area contributed by atoms with Crippen molar-refractivity contribution < 1.29 is 30.6 Å². The molecule has 240 valence electrons. The van der Waals surface area contributed by atoms with E-state index in [1.54, 1.807) is 0 Å². The summed E-state index contributed by atoms with van der Waals surface area (Å²) in [5, 5.41) is 62.0. The van der Waals surface area contributed by atoms with Gasteiger partial charge < -0.3 is 36.0 Å². The molecular formula is C32H66N2O6. The summed E-state index contributed by atoms with van der Waals surface area (Å²) >= 11 is 0. The second-order valence-electron chi connectivity index (χ2n) is 12.3. The topological polar surface area (TPSA) is 137 Å². The maximum absolute atomic E-state index is 10.3. The zero-order valence-electron chi connectivity index (χ0n) is 26.1. The van der Waals surface area contributed by atoms with E-state index >= 15 is 0 Å². The standard InChI is InChI=1S/C18H37NO3.C14H29NO3/c1-3-5-7-8-9-10-11-12-15-17(21)18(22)16(20)14-19(15)13-6-4-2;1-2-3-4-5-6-7-8-9-11-13(17)14(18)12(16)10-15-11/h15-18,20-22H,3-14H2,1-2H3;11-18H,2-10H2,1H3/t15-,16-,17?,18+;11-,12-,13?,14-/m11/s1. The number of nitrogens with zero attached hydrogens (tertiary/aromatic N) is 1. The van der Waals surface area contributed by atoms with E-state index in [2.05, 4.69) is 31.0 Å². The summed E-state index contributed by atoms with van der Waals surface area (Å²) in [5.74, 6) is 0. The molecule has 0 aromatic rings. The molecule has 0 radical (unpaired) electrons. The van der Waals surface area contributed by atoms with Crippen molar-refractivity contribution in [2.45, 2.75) is 185 Å². The molecule has 0 aliphatic carbocycles. The summed E-state index contributed by atoms with van der Waals surface area (Å²) in [6.07, 6.45) is 16.2. The third-order valence-corrected chi connectivity index (χ3v) is 8.80. The Bertz CT molecular complexity index is 586. The minimum Gasteiger partial charge on any atom is -0.389 e. The molecule has 2 saturated heterocycles. The summed E-state index contributed by atoms with van der Waals surface area (Å²) in [6.45, 7) is 8.36. The Balaban J connectivity index is 0.000000408. The van der Waals surface area contributed by atoms with Crippen molar-refractivity contribution >= 4 is 0 Å². The Morgan fingerprint density at radius 1 is 0.525 bits per heavy atom. The van der Waals surface area contributed by atoms with E-state index in [1.165, 1.54) is 77.0 Å². The third kappa shape index (κ3) is 14.7. The van der Waals surface area contributed by atoms with Gasteiger partial charge >= 0.3 is 0 Å². The average molecular weight is 575 g/mol. The molecule has 8 nitrogen and oxygen atoms in total. The first-order chi connectivity index (χ1) is 19.3. The lowest BCUT2D eigenvalue weighted by molar-refractivity contribution is -0.138. The maximum atomic E-state index is 10.3. The van der Waals surface area contributed by atoms with Crippen LogP contribution in [0, 0.1) is 0 Å². The summed E-state index contributed by atoms with van der Waals surface area (Å²) < 4.78 is 0. The number of β-amino-alcohol motifs (C(OH)–C–C–N with tert-alkyl or cyclic N) is 2. The highest BCUT2D eigenvalue weighted by Gasteiger charge is 2.40. The highest BCUT2D eigenvalue weighted by Crippen LogP contribution is 2.24. The van der Waals surface area contributed by atoms with Crippen LogP contribution in [0.25, 0.3) is 0 Å². The van der Waals surface area contributed by atoms with E-state index in [4.69, 9.17) is 0 Å². The molecule has 8 atom stereocenters. The Labute approximate surface area is 245 Å². The largest absolute Gasteiger partial charge is 0.389 e. The number of piperidine rings is 2. The average Bonchev–Trinajstić information content (AvgIpc) is 2.95. The molecule has 0 spiro atoms. The fourth-order valence-corrected chi connectivity index (χ4v) is 6.01. The SMILES string of the molecule is CCCCCCCCC[C@@H]1C(O)[C@@H](O)[C@H](O)CN1CCCC.CCCCCCCCC[C@H]1NC[C@@H](O)[C@@H](O)C1O. The summed E-state index contributed by atoms with van der Waals surface area (Å²) in [5.41, 5.74) is 0. The van der Waals surface area contributed by atoms with E-state index in [-0.39, 0.29) is 12.1 Å². The van der Waals surface area contributed by atoms with E-state index in [9.17, 15) is 30.6 Å². The molecule has 2 heterocycles. The molecule has 40 heavy (non-hydrogen) atoms. The van der Waals surface area contributed by atoms with Gasteiger partial charge in [0.05, 0.1) is 24.4 Å². The van der Waals surface area contributed by atoms with E-state index in [0.29, 0.717) is 13.1 Å². The molecule has 7 N–H and O–H groups in total. The normalized spacial score (nSPS) is 31.1. The molecule has 2 aliphatic rings. The fourth-order valence-electron chi connectivity index (χ4n) is 6.01. The van der Waals surface area contributed by atoms with Gasteiger partial charge in [0.15, 0.2) is 0 Å². The molecule has 2 rings (SSSR count). The maximum Gasteiger partial charge on any atom is 0.108 e. The Morgan fingerprint density at radius 2 is 1.00 bits per heavy atom. The minimum atomic E-state index is -0.999. The van der Waals surface area contributed by atoms with Gasteiger partial charge in [0.25, 0.3) is 0 Å². The summed E-state index contributed by atoms with van der Waals surface area (Å²) in [6, 6.07) is -0.0698. The zero-order valence-corrected chi connectivity index (χ0v) is 26.1. The van der Waals surface area contributed by atoms with Crippen molar-refractivity contribution in [3.8, 4) is 0 Å². The van der Waals surface area contributed by atoms with Gasteiger partial charge in [0, 0.05) is 25.2 Å². The smallest absolute Gasteiger partial charge is 0.108 e. The lowest BCUT2D eigenvalue weighted by Crippen LogP contribution is -2.61. The number of aliphatic hydroxyl groups excluding tert-OH is 6. The number of unbranched alkanes of at least 4 members (excludes halogenated alkanes) is 13. The zero-order chi connectivity index (χ0) is 29.8. The molecule has 0 aromatic heterocycles. The van der Waals surface area contributed by atoms with Crippen LogP contribution in [0.2, 0.25) is 0 Å². The van der Waals surface area contributed by atoms with Crippen LogP contribution in [0.5, 0.6) is 0 Å². The Kier molecular flexibility index (Phi) is 21.8. The van der Waals surface area contributed by atoms with E-state index in [0.717, 1.165) is 45.1 Å². The van der Waals surface area contributed by atoms with Gasteiger partial charge in [-0.3, -0.25) is 4.90 Å². The minimum absolute atomic E-state index is 0.000548. The van der Waals surface area contributed by atoms with Gasteiger partial charge in [-0.05, 0) is 25.8 Å². The summed E-state index contributed by atoms with van der Waals surface area (Å²) in [4.78, 5) is 2.18. The van der Waals surface area contributed by atoms with Gasteiger partial charge in [-0.2, -0.15) is 0 Å². The van der Waals surface area contributed by atoms with Crippen LogP contribution in [0.4, 0.5) is 0 Å². The highest BCUT2D eigenvalue weighted by atomic mass is 16.4. The van der Waals surface area contributed by atoms with Crippen LogP contribution >= 0.6 is 0 Å². The third-order valence-electron chi connectivity index (χ3n) is 8.80. The number of hydrogen-bond donors (Lipinski definition) is 7. The highest BCUT2D eigenvalue weighted by molar-refractivity contribution is 4.94. The Morgan fingerprint density at radius 3 is 1.55 bits per heavy atom. The first-order valence-electron chi connectivity index (χ1n) is 16.8. The monoisotopic (exact) mass is 574 g/mol. The van der Waals surface area contributed by atoms with Crippen molar-refractivity contribution in [2.24, 2.45) is 0 Å². The quantitative estimate of drug-likeness (QED) is 0.116. The van der Waals surface area contributed by atoms with E-state index < -0.39 is 36.6 Å². The number of rotatable bonds is 19. The first-order valence-corrected chi connectivity index (χ1v) is 16.8. The van der Waals surface area contributed by atoms with Crippen molar-refractivity contribution in [1.82, 2.24) is 10.2 Å². The van der Waals surface area contributed by atoms with Crippen LogP contribution < -0.4 is 5.32 Å². The second kappa shape index (κ2) is 23.2. The van der Waals surface area contributed by atoms with Crippen LogP contribution in [-0.2, 0) is 0 Å². The van der Waals surface area contributed by atoms with Gasteiger partial charge in [0.2, 0.25) is 0 Å². The molecule has 2 aliphatic heterocycles. The van der Waals surface area contributed by atoms with E-state index in [1.807, 2.05) is 0 Å². The first kappa shape index (κ1) is 37.7. The van der Waals surface area contributed by atoms with Gasteiger partial charge in [-0.15, -0.1) is 0 Å². The number of hydrogen-bond acceptors (Lipinski definition) is 8. The number of aliphatic hydroxyl groups is 6. The molecule has 0 aromatic carbocycles. The van der Waals surface area contributed by atoms with Crippen molar-refractivity contribution in [3.05, 3.63) is 0 Å². The Hall–Kier alpha value is -0.320. The van der Waals surface area contributed by atoms with Gasteiger partial charge in [0.1, 0.15) is 12.2 Å². The molecule has 8 heteroatoms. The predicted octanol–water partition coefficient (Wildman–Crippen LogP) is 3.88. The van der Waals surface area contributed by atoms with Crippen LogP contribution in [-0.4, -0.2) is 104 Å². The molecular weight excluding hydrogens is 508 g/mol. The predicted molar refractivity (Wildman–Crippen MR) is 163 cm³/mol. The molecule has 0 saturated carbocycles. The van der Waals surface area contributed by atoms with Crippen molar-refractivity contribution in [3.63, 3.8) is 0 Å². The van der Waals surface area contributed by atoms with Crippen LogP contribution in [0.3, 0.4) is 0 Å². The lowest BCUT2D eigenvalue weighted by atomic mass is 9.90.